The second-order valence-corrected chi connectivity index (χ2v) is 5.78. The molecule has 1 N–H and O–H groups in total. The molecule has 7 nitrogen and oxygen atoms in total. The van der Waals surface area contributed by atoms with Crippen LogP contribution in [0.4, 0.5) is 0 Å². The number of nitrogens with one attached hydrogen (secondary N) is 1. The van der Waals surface area contributed by atoms with Gasteiger partial charge in [-0.2, -0.15) is 5.10 Å². The number of oxime groups is 1. The van der Waals surface area contributed by atoms with Crippen molar-refractivity contribution in [2.24, 2.45) is 10.3 Å². The zero-order chi connectivity index (χ0) is 16.8. The molecule has 1 aliphatic rings. The highest BCUT2D eigenvalue weighted by Crippen LogP contribution is 2.31. The Morgan fingerprint density at radius 2 is 2.25 bits per heavy atom. The first kappa shape index (κ1) is 16.0. The lowest BCUT2D eigenvalue weighted by atomic mass is 10.2. The lowest BCUT2D eigenvalue weighted by Crippen LogP contribution is -2.22. The number of benzene rings is 1. The Labute approximate surface area is 142 Å². The van der Waals surface area contributed by atoms with E-state index < -0.39 is 5.91 Å². The van der Waals surface area contributed by atoms with Gasteiger partial charge in [-0.25, -0.2) is 5.43 Å². The molecule has 0 aliphatic carbocycles. The van der Waals surface area contributed by atoms with Gasteiger partial charge in [-0.05, 0) is 42.1 Å². The average Bonchev–Trinajstić information content (AvgIpc) is 3.26. The molecule has 124 valence electrons. The first-order chi connectivity index (χ1) is 11.7. The molecular formula is C16H15N3O4S. The van der Waals surface area contributed by atoms with E-state index >= 15 is 0 Å². The summed E-state index contributed by atoms with van der Waals surface area (Å²) in [6.45, 7) is 1.83. The van der Waals surface area contributed by atoms with Gasteiger partial charge in [-0.3, -0.25) is 4.79 Å². The number of ether oxygens (including phenoxy) is 2. The maximum absolute atomic E-state index is 11.6. The van der Waals surface area contributed by atoms with Gasteiger partial charge < -0.3 is 14.3 Å². The molecular weight excluding hydrogens is 330 g/mol. The van der Waals surface area contributed by atoms with Crippen molar-refractivity contribution in [3.8, 4) is 11.5 Å². The third-order valence-corrected chi connectivity index (χ3v) is 4.05. The highest BCUT2D eigenvalue weighted by molar-refractivity contribution is 7.12. The van der Waals surface area contributed by atoms with Crippen LogP contribution in [0.3, 0.4) is 0 Å². The monoisotopic (exact) mass is 345 g/mol. The van der Waals surface area contributed by atoms with Crippen molar-refractivity contribution < 1.29 is 19.1 Å². The van der Waals surface area contributed by atoms with Crippen molar-refractivity contribution in [2.75, 3.05) is 13.4 Å². The van der Waals surface area contributed by atoms with Crippen LogP contribution < -0.4 is 14.9 Å². The van der Waals surface area contributed by atoms with Gasteiger partial charge in [0.2, 0.25) is 6.79 Å². The summed E-state index contributed by atoms with van der Waals surface area (Å²) in [7, 11) is 0. The van der Waals surface area contributed by atoms with E-state index in [1.807, 2.05) is 30.5 Å². The molecule has 2 aromatic rings. The highest BCUT2D eigenvalue weighted by Gasteiger charge is 2.12. The molecule has 1 aromatic carbocycles. The Bertz CT molecular complexity index is 772. The van der Waals surface area contributed by atoms with Gasteiger partial charge in [0.05, 0.1) is 16.8 Å². The smallest absolute Gasteiger partial charge is 0.280 e. The molecule has 3 rings (SSSR count). The Morgan fingerprint density at radius 3 is 3.08 bits per heavy atom. The summed E-state index contributed by atoms with van der Waals surface area (Å²) in [5.41, 5.74) is 3.88. The molecule has 0 radical (unpaired) electrons. The number of hydrazone groups is 1. The minimum Gasteiger partial charge on any atom is -0.454 e. The van der Waals surface area contributed by atoms with Crippen LogP contribution >= 0.6 is 11.3 Å². The summed E-state index contributed by atoms with van der Waals surface area (Å²) in [5, 5.41) is 9.71. The topological polar surface area (TPSA) is 81.5 Å². The van der Waals surface area contributed by atoms with Crippen LogP contribution in [0.1, 0.15) is 17.4 Å². The van der Waals surface area contributed by atoms with E-state index in [2.05, 4.69) is 15.7 Å². The zero-order valence-electron chi connectivity index (χ0n) is 12.9. The standard InChI is InChI=1S/C16H15N3O4S/c1-11(15-3-2-6-24-15)19-23-9-16(20)18-17-8-12-4-5-13-14(7-12)22-10-21-13/h2-8H,9-10H2,1H3,(H,18,20). The first-order valence-corrected chi connectivity index (χ1v) is 8.02. The van der Waals surface area contributed by atoms with Gasteiger partial charge in [0.1, 0.15) is 0 Å². The van der Waals surface area contributed by atoms with Crippen LogP contribution in [-0.4, -0.2) is 31.2 Å². The predicted molar refractivity (Wildman–Crippen MR) is 90.8 cm³/mol. The van der Waals surface area contributed by atoms with Gasteiger partial charge in [-0.15, -0.1) is 11.3 Å². The zero-order valence-corrected chi connectivity index (χ0v) is 13.7. The van der Waals surface area contributed by atoms with Crippen LogP contribution in [0.5, 0.6) is 11.5 Å². The Morgan fingerprint density at radius 1 is 1.38 bits per heavy atom. The SMILES string of the molecule is CC(=NOCC(=O)NN=Cc1ccc2c(c1)OCO2)c1cccs1. The molecule has 0 saturated carbocycles. The number of amides is 1. The highest BCUT2D eigenvalue weighted by atomic mass is 32.1. The lowest BCUT2D eigenvalue weighted by Gasteiger charge is -2.00. The van der Waals surface area contributed by atoms with Gasteiger partial charge in [0.25, 0.3) is 5.91 Å². The van der Waals surface area contributed by atoms with E-state index in [-0.39, 0.29) is 13.4 Å². The molecule has 0 atom stereocenters. The summed E-state index contributed by atoms with van der Waals surface area (Å²) >= 11 is 1.56. The predicted octanol–water partition coefficient (Wildman–Crippen LogP) is 2.37. The lowest BCUT2D eigenvalue weighted by molar-refractivity contribution is -0.125. The fraction of sp³-hybridized carbons (Fsp3) is 0.188. The number of nitrogens with zero attached hydrogens (tertiary/aromatic N) is 2. The van der Waals surface area contributed by atoms with Gasteiger partial charge in [0.15, 0.2) is 18.1 Å². The minimum atomic E-state index is -0.394. The molecule has 0 spiro atoms. The minimum absolute atomic E-state index is 0.207. The summed E-state index contributed by atoms with van der Waals surface area (Å²) in [4.78, 5) is 17.6. The molecule has 2 heterocycles. The summed E-state index contributed by atoms with van der Waals surface area (Å²) in [6.07, 6.45) is 1.51. The van der Waals surface area contributed by atoms with E-state index in [4.69, 9.17) is 14.3 Å². The van der Waals surface area contributed by atoms with E-state index in [1.54, 1.807) is 23.5 Å². The number of hydrogen-bond donors (Lipinski definition) is 1. The van der Waals surface area contributed by atoms with E-state index in [9.17, 15) is 4.79 Å². The average molecular weight is 345 g/mol. The number of hydrogen-bond acceptors (Lipinski definition) is 7. The van der Waals surface area contributed by atoms with Gasteiger partial charge >= 0.3 is 0 Å². The molecule has 0 fully saturated rings. The Hall–Kier alpha value is -2.87. The van der Waals surface area contributed by atoms with Crippen molar-refractivity contribution in [2.45, 2.75) is 6.92 Å². The molecule has 1 aliphatic heterocycles. The van der Waals surface area contributed by atoms with Crippen molar-refractivity contribution in [3.63, 3.8) is 0 Å². The van der Waals surface area contributed by atoms with Crippen LogP contribution in [0.15, 0.2) is 46.0 Å². The van der Waals surface area contributed by atoms with Crippen molar-refractivity contribution in [1.29, 1.82) is 0 Å². The fourth-order valence-corrected chi connectivity index (χ4v) is 2.59. The quantitative estimate of drug-likeness (QED) is 0.644. The molecule has 1 aromatic heterocycles. The normalized spacial score (nSPS) is 13.3. The number of rotatable bonds is 6. The van der Waals surface area contributed by atoms with Crippen LogP contribution in [0.2, 0.25) is 0 Å². The maximum atomic E-state index is 11.6. The van der Waals surface area contributed by atoms with Crippen molar-refractivity contribution in [3.05, 3.63) is 46.2 Å². The molecule has 1 amide bonds. The Kier molecular flexibility index (Phi) is 5.07. The molecule has 8 heteroatoms. The number of carbonyl (C=O) groups excluding carboxylic acids is 1. The molecule has 24 heavy (non-hydrogen) atoms. The first-order valence-electron chi connectivity index (χ1n) is 7.14. The number of carbonyl (C=O) groups is 1. The number of thiophene rings is 1. The molecule has 0 bridgehead atoms. The molecule has 0 unspecified atom stereocenters. The van der Waals surface area contributed by atoms with E-state index in [1.165, 1.54) is 6.21 Å². The molecule has 0 saturated heterocycles. The fourth-order valence-electron chi connectivity index (χ4n) is 1.92. The van der Waals surface area contributed by atoms with Crippen LogP contribution in [0, 0.1) is 0 Å². The van der Waals surface area contributed by atoms with Crippen molar-refractivity contribution in [1.82, 2.24) is 5.43 Å². The van der Waals surface area contributed by atoms with Gasteiger partial charge in [0, 0.05) is 0 Å². The summed E-state index contributed by atoms with van der Waals surface area (Å²) < 4.78 is 10.5. The largest absolute Gasteiger partial charge is 0.454 e. The second-order valence-electron chi connectivity index (χ2n) is 4.83. The number of fused-ring (bicyclic) bond motifs is 1. The second kappa shape index (κ2) is 7.60. The van der Waals surface area contributed by atoms with E-state index in [0.29, 0.717) is 11.5 Å². The maximum Gasteiger partial charge on any atom is 0.280 e. The van der Waals surface area contributed by atoms with Crippen molar-refractivity contribution >= 4 is 29.2 Å². The summed E-state index contributed by atoms with van der Waals surface area (Å²) in [6, 6.07) is 9.24. The van der Waals surface area contributed by atoms with E-state index in [0.717, 1.165) is 16.2 Å². The Balaban J connectivity index is 1.44. The van der Waals surface area contributed by atoms with Crippen LogP contribution in [0.25, 0.3) is 0 Å². The third-order valence-electron chi connectivity index (χ3n) is 3.07. The van der Waals surface area contributed by atoms with Gasteiger partial charge in [-0.1, -0.05) is 11.2 Å². The third kappa shape index (κ3) is 4.11. The van der Waals surface area contributed by atoms with Crippen LogP contribution in [-0.2, 0) is 9.63 Å². The summed E-state index contributed by atoms with van der Waals surface area (Å²) in [5.74, 6) is 0.963.